The van der Waals surface area contributed by atoms with Crippen molar-refractivity contribution >= 4 is 34.4 Å². The Hall–Kier alpha value is -0.590. The summed E-state index contributed by atoms with van der Waals surface area (Å²) in [7, 11) is 0. The van der Waals surface area contributed by atoms with E-state index in [-0.39, 0.29) is 0 Å². The summed E-state index contributed by atoms with van der Waals surface area (Å²) in [5, 5.41) is 3.83. The highest BCUT2D eigenvalue weighted by atomic mass is 127. The molecule has 1 aromatic rings. The van der Waals surface area contributed by atoms with E-state index in [9.17, 15) is 0 Å². The summed E-state index contributed by atoms with van der Waals surface area (Å²) in [4.78, 5) is 2.64. The van der Waals surface area contributed by atoms with Crippen molar-refractivity contribution in [3.05, 3.63) is 32.9 Å². The second kappa shape index (κ2) is 7.11. The third kappa shape index (κ3) is 3.59. The lowest BCUT2D eigenvalue weighted by molar-refractivity contribution is 0.00791. The van der Waals surface area contributed by atoms with Gasteiger partial charge < -0.3 is 10.1 Å². The van der Waals surface area contributed by atoms with Gasteiger partial charge >= 0.3 is 0 Å². The molecule has 0 aromatic heterocycles. The predicted molar refractivity (Wildman–Crippen MR) is 104 cm³/mol. The van der Waals surface area contributed by atoms with Gasteiger partial charge in [-0.2, -0.15) is 0 Å². The van der Waals surface area contributed by atoms with Gasteiger partial charge in [0.1, 0.15) is 0 Å². The van der Waals surface area contributed by atoms with Gasteiger partial charge in [-0.1, -0.05) is 12.1 Å². The fourth-order valence-corrected chi connectivity index (χ4v) is 4.92. The first kappa shape index (κ1) is 15.9. The maximum atomic E-state index is 5.48. The third-order valence-corrected chi connectivity index (χ3v) is 6.17. The van der Waals surface area contributed by atoms with Gasteiger partial charge in [0.05, 0.1) is 13.2 Å². The van der Waals surface area contributed by atoms with Crippen LogP contribution in [0.2, 0.25) is 0 Å². The monoisotopic (exact) mass is 424 g/mol. The lowest BCUT2D eigenvalue weighted by Gasteiger charge is -2.39. The predicted octanol–water partition coefficient (Wildman–Crippen LogP) is 4.07. The Kier molecular flexibility index (Phi) is 4.92. The Morgan fingerprint density at radius 3 is 2.65 bits per heavy atom. The van der Waals surface area contributed by atoms with Crippen LogP contribution < -0.4 is 5.32 Å². The minimum absolute atomic E-state index is 0.630. The van der Waals surface area contributed by atoms with E-state index in [1.165, 1.54) is 46.1 Å². The molecule has 0 spiro atoms. The number of fused-ring (bicyclic) bond motifs is 1. The molecule has 1 saturated carbocycles. The zero-order valence-electron chi connectivity index (χ0n) is 13.6. The molecule has 0 bridgehead atoms. The first-order valence-corrected chi connectivity index (χ1v) is 9.94. The highest BCUT2D eigenvalue weighted by molar-refractivity contribution is 14.1. The molecule has 3 aliphatic rings. The van der Waals surface area contributed by atoms with Crippen molar-refractivity contribution in [3.8, 4) is 0 Å². The summed E-state index contributed by atoms with van der Waals surface area (Å²) >= 11 is 2.46. The number of nitrogens with zero attached hydrogens (tertiary/aromatic N) is 1. The van der Waals surface area contributed by atoms with Crippen molar-refractivity contribution in [2.75, 3.05) is 31.6 Å². The van der Waals surface area contributed by atoms with E-state index in [2.05, 4.69) is 57.1 Å². The Balaban J connectivity index is 1.36. The van der Waals surface area contributed by atoms with Crippen molar-refractivity contribution in [1.82, 2.24) is 4.90 Å². The van der Waals surface area contributed by atoms with Crippen LogP contribution in [-0.2, 0) is 11.2 Å². The molecule has 3 nitrogen and oxygen atoms in total. The van der Waals surface area contributed by atoms with Gasteiger partial charge in [0.2, 0.25) is 0 Å². The molecule has 4 rings (SSSR count). The van der Waals surface area contributed by atoms with Crippen LogP contribution >= 0.6 is 22.6 Å². The molecule has 0 unspecified atom stereocenters. The Morgan fingerprint density at radius 1 is 1.09 bits per heavy atom. The Labute approximate surface area is 152 Å². The SMILES string of the molecule is IC1=Cc2c(cccc2NC2CCC(N3CCOCC3)CC2)C1. The lowest BCUT2D eigenvalue weighted by Crippen LogP contribution is -2.46. The van der Waals surface area contributed by atoms with Gasteiger partial charge in [0.15, 0.2) is 0 Å². The normalized spacial score (nSPS) is 28.3. The van der Waals surface area contributed by atoms with E-state index in [1.54, 1.807) is 0 Å². The summed E-state index contributed by atoms with van der Waals surface area (Å²) in [6.45, 7) is 4.08. The van der Waals surface area contributed by atoms with E-state index in [1.807, 2.05) is 0 Å². The van der Waals surface area contributed by atoms with Crippen LogP contribution in [0.15, 0.2) is 21.8 Å². The second-order valence-corrected chi connectivity index (χ2v) is 8.33. The molecule has 1 saturated heterocycles. The van der Waals surface area contributed by atoms with Crippen molar-refractivity contribution in [3.63, 3.8) is 0 Å². The number of hydrogen-bond acceptors (Lipinski definition) is 3. The average molecular weight is 424 g/mol. The van der Waals surface area contributed by atoms with Gasteiger partial charge in [-0.05, 0) is 69.6 Å². The molecular formula is C19H25IN2O. The number of benzene rings is 1. The molecule has 2 aliphatic carbocycles. The van der Waals surface area contributed by atoms with E-state index < -0.39 is 0 Å². The molecule has 2 fully saturated rings. The van der Waals surface area contributed by atoms with E-state index in [0.29, 0.717) is 6.04 Å². The first-order chi connectivity index (χ1) is 11.3. The largest absolute Gasteiger partial charge is 0.382 e. The van der Waals surface area contributed by atoms with Crippen LogP contribution in [0.25, 0.3) is 6.08 Å². The number of rotatable bonds is 3. The molecule has 1 heterocycles. The van der Waals surface area contributed by atoms with Crippen LogP contribution in [0.5, 0.6) is 0 Å². The zero-order valence-corrected chi connectivity index (χ0v) is 15.7. The summed E-state index contributed by atoms with van der Waals surface area (Å²) < 4.78 is 6.93. The summed E-state index contributed by atoms with van der Waals surface area (Å²) in [5.41, 5.74) is 4.23. The highest BCUT2D eigenvalue weighted by Crippen LogP contribution is 2.35. The van der Waals surface area contributed by atoms with Gasteiger partial charge in [-0.25, -0.2) is 0 Å². The molecule has 124 valence electrons. The number of morpholine rings is 1. The minimum Gasteiger partial charge on any atom is -0.382 e. The molecule has 0 radical (unpaired) electrons. The third-order valence-electron chi connectivity index (χ3n) is 5.48. The summed E-state index contributed by atoms with van der Waals surface area (Å²) in [6.07, 6.45) is 8.66. The molecular weight excluding hydrogens is 399 g/mol. The van der Waals surface area contributed by atoms with Crippen LogP contribution in [0.1, 0.15) is 36.8 Å². The molecule has 0 atom stereocenters. The van der Waals surface area contributed by atoms with Crippen LogP contribution in [0.4, 0.5) is 5.69 Å². The number of halogens is 1. The van der Waals surface area contributed by atoms with Crippen LogP contribution in [0, 0.1) is 0 Å². The number of allylic oxidation sites excluding steroid dienone is 1. The summed E-state index contributed by atoms with van der Waals surface area (Å²) in [6, 6.07) is 8.12. The van der Waals surface area contributed by atoms with Gasteiger partial charge in [0.25, 0.3) is 0 Å². The number of nitrogens with one attached hydrogen (secondary N) is 1. The molecule has 0 amide bonds. The molecule has 23 heavy (non-hydrogen) atoms. The van der Waals surface area contributed by atoms with E-state index >= 15 is 0 Å². The topological polar surface area (TPSA) is 24.5 Å². The van der Waals surface area contributed by atoms with Crippen LogP contribution in [0.3, 0.4) is 0 Å². The smallest absolute Gasteiger partial charge is 0.0594 e. The van der Waals surface area contributed by atoms with E-state index in [0.717, 1.165) is 38.8 Å². The lowest BCUT2D eigenvalue weighted by atomic mass is 9.89. The number of hydrogen-bond donors (Lipinski definition) is 1. The van der Waals surface area contributed by atoms with Crippen molar-refractivity contribution < 1.29 is 4.74 Å². The zero-order chi connectivity index (χ0) is 15.6. The van der Waals surface area contributed by atoms with Crippen molar-refractivity contribution in [2.24, 2.45) is 0 Å². The second-order valence-electron chi connectivity index (χ2n) is 6.94. The Bertz CT molecular complexity index is 587. The van der Waals surface area contributed by atoms with Crippen molar-refractivity contribution in [1.29, 1.82) is 0 Å². The molecule has 4 heteroatoms. The first-order valence-electron chi connectivity index (χ1n) is 8.86. The maximum absolute atomic E-state index is 5.48. The highest BCUT2D eigenvalue weighted by Gasteiger charge is 2.27. The minimum atomic E-state index is 0.630. The van der Waals surface area contributed by atoms with Gasteiger partial charge in [-0.15, -0.1) is 0 Å². The quantitative estimate of drug-likeness (QED) is 0.741. The van der Waals surface area contributed by atoms with Crippen molar-refractivity contribution in [2.45, 2.75) is 44.2 Å². The molecule has 1 aliphatic heterocycles. The van der Waals surface area contributed by atoms with Gasteiger partial charge in [-0.3, -0.25) is 4.90 Å². The fourth-order valence-electron chi connectivity index (χ4n) is 4.20. The maximum Gasteiger partial charge on any atom is 0.0594 e. The molecule has 1 aromatic carbocycles. The summed E-state index contributed by atoms with van der Waals surface area (Å²) in [5.74, 6) is 0. The Morgan fingerprint density at radius 2 is 1.87 bits per heavy atom. The van der Waals surface area contributed by atoms with Crippen LogP contribution in [-0.4, -0.2) is 43.3 Å². The average Bonchev–Trinajstić information content (AvgIpc) is 2.98. The molecule has 1 N–H and O–H groups in total. The number of ether oxygens (including phenoxy) is 1. The number of anilines is 1. The standard InChI is InChI=1S/C19H25IN2O/c20-15-12-14-2-1-3-19(18(14)13-15)21-16-4-6-17(7-5-16)22-8-10-23-11-9-22/h1-3,13,16-17,21H,4-12H2. The fraction of sp³-hybridized carbons (Fsp3) is 0.579. The van der Waals surface area contributed by atoms with Gasteiger partial charge in [0, 0.05) is 42.8 Å². The van der Waals surface area contributed by atoms with E-state index in [4.69, 9.17) is 4.74 Å².